The van der Waals surface area contributed by atoms with Gasteiger partial charge in [0.1, 0.15) is 12.7 Å². The van der Waals surface area contributed by atoms with Crippen LogP contribution in [0.3, 0.4) is 0 Å². The van der Waals surface area contributed by atoms with E-state index >= 15 is 0 Å². The van der Waals surface area contributed by atoms with Crippen molar-refractivity contribution in [3.05, 3.63) is 103 Å². The zero-order chi connectivity index (χ0) is 22.6. The molecule has 3 aromatic carbocycles. The largest absolute Gasteiger partial charge is 0.322 e. The van der Waals surface area contributed by atoms with Crippen LogP contribution in [0.2, 0.25) is 0 Å². The number of para-hydroxylation sites is 1. The van der Waals surface area contributed by atoms with Gasteiger partial charge in [0.2, 0.25) is 0 Å². The number of benzene rings is 3. The van der Waals surface area contributed by atoms with Crippen molar-refractivity contribution >= 4 is 27.3 Å². The first-order chi connectivity index (χ1) is 15.4. The second-order valence-corrected chi connectivity index (χ2v) is 9.05. The highest BCUT2D eigenvalue weighted by Gasteiger charge is 2.21. The van der Waals surface area contributed by atoms with E-state index in [1.165, 1.54) is 29.8 Å². The summed E-state index contributed by atoms with van der Waals surface area (Å²) in [7, 11) is -2.28. The first-order valence-electron chi connectivity index (χ1n) is 9.80. The summed E-state index contributed by atoms with van der Waals surface area (Å²) in [6.07, 6.45) is 3.09. The van der Waals surface area contributed by atoms with Crippen molar-refractivity contribution in [1.82, 2.24) is 14.8 Å². The maximum atomic E-state index is 13.0. The first-order valence-corrected chi connectivity index (χ1v) is 11.2. The molecule has 0 saturated heterocycles. The molecule has 9 heteroatoms. The molecule has 0 aliphatic heterocycles. The van der Waals surface area contributed by atoms with E-state index in [9.17, 15) is 13.2 Å². The summed E-state index contributed by atoms with van der Waals surface area (Å²) in [4.78, 5) is 16.7. The maximum absolute atomic E-state index is 13.0. The van der Waals surface area contributed by atoms with Crippen LogP contribution in [0.15, 0.2) is 96.4 Å². The summed E-state index contributed by atoms with van der Waals surface area (Å²) in [5, 5.41) is 6.82. The Morgan fingerprint density at radius 3 is 2.44 bits per heavy atom. The van der Waals surface area contributed by atoms with E-state index in [-0.39, 0.29) is 10.8 Å². The predicted octanol–water partition coefficient (Wildman–Crippen LogP) is 3.40. The molecule has 8 nitrogen and oxygen atoms in total. The number of sulfonamides is 1. The van der Waals surface area contributed by atoms with Gasteiger partial charge in [0.15, 0.2) is 0 Å². The van der Waals surface area contributed by atoms with Gasteiger partial charge in [-0.05, 0) is 48.0 Å². The van der Waals surface area contributed by atoms with Crippen molar-refractivity contribution in [3.63, 3.8) is 0 Å². The van der Waals surface area contributed by atoms with Crippen LogP contribution < -0.4 is 9.62 Å². The third-order valence-corrected chi connectivity index (χ3v) is 6.68. The molecule has 1 amide bonds. The van der Waals surface area contributed by atoms with E-state index in [4.69, 9.17) is 0 Å². The standard InChI is InChI=1S/C23H21N5O3S/c1-27(21-7-3-2-4-8-21)32(30,31)22-9-5-6-20(14-22)26-23(29)19-12-10-18(11-13-19)15-28-17-24-16-25-28/h2-14,16-17H,15H2,1H3,(H,26,29). The molecule has 1 heterocycles. The van der Waals surface area contributed by atoms with Crippen molar-refractivity contribution in [1.29, 1.82) is 0 Å². The summed E-state index contributed by atoms with van der Waals surface area (Å²) < 4.78 is 28.9. The van der Waals surface area contributed by atoms with E-state index in [0.29, 0.717) is 23.5 Å². The van der Waals surface area contributed by atoms with Crippen molar-refractivity contribution in [2.45, 2.75) is 11.4 Å². The molecule has 0 fully saturated rings. The molecule has 4 rings (SSSR count). The highest BCUT2D eigenvalue weighted by atomic mass is 32.2. The van der Waals surface area contributed by atoms with Crippen LogP contribution in [0.25, 0.3) is 0 Å². The number of hydrogen-bond donors (Lipinski definition) is 1. The van der Waals surface area contributed by atoms with Crippen LogP contribution in [0, 0.1) is 0 Å². The minimum Gasteiger partial charge on any atom is -0.322 e. The lowest BCUT2D eigenvalue weighted by Crippen LogP contribution is -2.26. The Hall–Kier alpha value is -3.98. The number of hydrogen-bond acceptors (Lipinski definition) is 5. The number of anilines is 2. The number of rotatable bonds is 7. The normalized spacial score (nSPS) is 11.2. The fraction of sp³-hybridized carbons (Fsp3) is 0.0870. The van der Waals surface area contributed by atoms with Crippen LogP contribution in [-0.2, 0) is 16.6 Å². The third-order valence-electron chi connectivity index (χ3n) is 4.90. The Morgan fingerprint density at radius 1 is 1.00 bits per heavy atom. The van der Waals surface area contributed by atoms with Gasteiger partial charge in [-0.15, -0.1) is 0 Å². The monoisotopic (exact) mass is 447 g/mol. The molecule has 162 valence electrons. The van der Waals surface area contributed by atoms with Gasteiger partial charge in [-0.3, -0.25) is 9.10 Å². The van der Waals surface area contributed by atoms with Crippen molar-refractivity contribution in [2.75, 3.05) is 16.7 Å². The highest BCUT2D eigenvalue weighted by molar-refractivity contribution is 7.92. The number of carbonyl (C=O) groups excluding carboxylic acids is 1. The molecule has 4 aromatic rings. The summed E-state index contributed by atoms with van der Waals surface area (Å²) in [5.74, 6) is -0.330. The molecular weight excluding hydrogens is 426 g/mol. The highest BCUT2D eigenvalue weighted by Crippen LogP contribution is 2.24. The van der Waals surface area contributed by atoms with E-state index < -0.39 is 10.0 Å². The van der Waals surface area contributed by atoms with Gasteiger partial charge in [-0.1, -0.05) is 36.4 Å². The molecule has 1 N–H and O–H groups in total. The summed E-state index contributed by atoms with van der Waals surface area (Å²) in [5.41, 5.74) is 2.38. The average molecular weight is 448 g/mol. The summed E-state index contributed by atoms with van der Waals surface area (Å²) in [6.45, 7) is 0.552. The second-order valence-electron chi connectivity index (χ2n) is 7.08. The van der Waals surface area contributed by atoms with Crippen LogP contribution in [0.1, 0.15) is 15.9 Å². The quantitative estimate of drug-likeness (QED) is 0.468. The zero-order valence-electron chi connectivity index (χ0n) is 17.3. The van der Waals surface area contributed by atoms with Gasteiger partial charge < -0.3 is 5.32 Å². The predicted molar refractivity (Wildman–Crippen MR) is 122 cm³/mol. The number of amides is 1. The van der Waals surface area contributed by atoms with Gasteiger partial charge in [0.25, 0.3) is 15.9 Å². The summed E-state index contributed by atoms with van der Waals surface area (Å²) in [6, 6.07) is 22.1. The van der Waals surface area contributed by atoms with E-state index in [2.05, 4.69) is 15.4 Å². The van der Waals surface area contributed by atoms with Crippen LogP contribution in [0.5, 0.6) is 0 Å². The van der Waals surface area contributed by atoms with E-state index in [0.717, 1.165) is 5.56 Å². The molecule has 1 aromatic heterocycles. The van der Waals surface area contributed by atoms with Crippen molar-refractivity contribution in [3.8, 4) is 0 Å². The topological polar surface area (TPSA) is 97.2 Å². The van der Waals surface area contributed by atoms with Gasteiger partial charge in [0, 0.05) is 18.3 Å². The van der Waals surface area contributed by atoms with Gasteiger partial charge in [-0.25, -0.2) is 18.1 Å². The molecule has 0 aliphatic carbocycles. The number of carbonyl (C=O) groups is 1. The molecule has 0 unspecified atom stereocenters. The van der Waals surface area contributed by atoms with Crippen molar-refractivity contribution < 1.29 is 13.2 Å². The zero-order valence-corrected chi connectivity index (χ0v) is 18.1. The first kappa shape index (κ1) is 21.3. The molecule has 0 saturated carbocycles. The number of aromatic nitrogens is 3. The van der Waals surface area contributed by atoms with Gasteiger partial charge in [0.05, 0.1) is 17.1 Å². The lowest BCUT2D eigenvalue weighted by molar-refractivity contribution is 0.102. The van der Waals surface area contributed by atoms with Crippen molar-refractivity contribution in [2.24, 2.45) is 0 Å². The minimum absolute atomic E-state index is 0.0878. The average Bonchev–Trinajstić information content (AvgIpc) is 3.33. The molecule has 32 heavy (non-hydrogen) atoms. The van der Waals surface area contributed by atoms with Gasteiger partial charge in [-0.2, -0.15) is 5.10 Å². The molecular formula is C23H21N5O3S. The third kappa shape index (κ3) is 4.68. The van der Waals surface area contributed by atoms with E-state index in [1.807, 2.05) is 18.2 Å². The molecule has 0 spiro atoms. The lowest BCUT2D eigenvalue weighted by atomic mass is 10.1. The SMILES string of the molecule is CN(c1ccccc1)S(=O)(=O)c1cccc(NC(=O)c2ccc(Cn3cncn3)cc2)c1. The Balaban J connectivity index is 1.48. The lowest BCUT2D eigenvalue weighted by Gasteiger charge is -2.20. The smallest absolute Gasteiger partial charge is 0.264 e. The molecule has 0 radical (unpaired) electrons. The Labute approximate surface area is 186 Å². The second kappa shape index (κ2) is 9.03. The minimum atomic E-state index is -3.78. The number of nitrogens with zero attached hydrogens (tertiary/aromatic N) is 4. The number of nitrogens with one attached hydrogen (secondary N) is 1. The maximum Gasteiger partial charge on any atom is 0.264 e. The molecule has 0 bridgehead atoms. The Kier molecular flexibility index (Phi) is 6.00. The van der Waals surface area contributed by atoms with Crippen LogP contribution in [0.4, 0.5) is 11.4 Å². The Bertz CT molecular complexity index is 1310. The fourth-order valence-corrected chi connectivity index (χ4v) is 4.38. The van der Waals surface area contributed by atoms with Crippen LogP contribution >= 0.6 is 0 Å². The molecule has 0 atom stereocenters. The Morgan fingerprint density at radius 2 is 1.75 bits per heavy atom. The molecule has 0 aliphatic rings. The van der Waals surface area contributed by atoms with E-state index in [1.54, 1.807) is 59.5 Å². The van der Waals surface area contributed by atoms with Crippen LogP contribution in [-0.4, -0.2) is 36.1 Å². The fourth-order valence-electron chi connectivity index (χ4n) is 3.14. The summed E-state index contributed by atoms with van der Waals surface area (Å²) >= 11 is 0. The van der Waals surface area contributed by atoms with Gasteiger partial charge >= 0.3 is 0 Å².